The van der Waals surface area contributed by atoms with Crippen LogP contribution in [0.15, 0.2) is 18.2 Å². The molecule has 1 saturated heterocycles. The third-order valence-electron chi connectivity index (χ3n) is 4.01. The molecule has 1 aliphatic heterocycles. The smallest absolute Gasteiger partial charge is 0.0483 e. The standard InChI is InChI=1S/C15H23NO/c1-12-4-5-13(2)14(10-12)11-15(16-3)6-8-17-9-7-15/h4-5,10,16H,6-9,11H2,1-3H3. The van der Waals surface area contributed by atoms with Gasteiger partial charge in [-0.2, -0.15) is 0 Å². The number of hydrogen-bond acceptors (Lipinski definition) is 2. The van der Waals surface area contributed by atoms with Crippen LogP contribution in [0.25, 0.3) is 0 Å². The van der Waals surface area contributed by atoms with Crippen LogP contribution in [0.4, 0.5) is 0 Å². The first-order chi connectivity index (χ1) is 8.15. The first-order valence-corrected chi connectivity index (χ1v) is 6.48. The van der Waals surface area contributed by atoms with Crippen molar-refractivity contribution in [3.63, 3.8) is 0 Å². The maximum absolute atomic E-state index is 5.48. The molecule has 0 aromatic heterocycles. The molecule has 1 fully saturated rings. The van der Waals surface area contributed by atoms with Crippen LogP contribution in [0.2, 0.25) is 0 Å². The van der Waals surface area contributed by atoms with Gasteiger partial charge in [0, 0.05) is 18.8 Å². The van der Waals surface area contributed by atoms with E-state index in [4.69, 9.17) is 4.74 Å². The molecule has 0 atom stereocenters. The van der Waals surface area contributed by atoms with Crippen molar-refractivity contribution >= 4 is 0 Å². The van der Waals surface area contributed by atoms with Crippen molar-refractivity contribution in [2.75, 3.05) is 20.3 Å². The predicted molar refractivity (Wildman–Crippen MR) is 71.5 cm³/mol. The van der Waals surface area contributed by atoms with Crippen LogP contribution >= 0.6 is 0 Å². The SMILES string of the molecule is CNC1(Cc2cc(C)ccc2C)CCOCC1. The normalized spacial score (nSPS) is 19.2. The summed E-state index contributed by atoms with van der Waals surface area (Å²) in [6, 6.07) is 6.74. The molecule has 0 amide bonds. The zero-order chi connectivity index (χ0) is 12.3. The summed E-state index contributed by atoms with van der Waals surface area (Å²) >= 11 is 0. The van der Waals surface area contributed by atoms with E-state index < -0.39 is 0 Å². The number of nitrogens with one attached hydrogen (secondary N) is 1. The third kappa shape index (κ3) is 2.88. The molecule has 94 valence electrons. The minimum Gasteiger partial charge on any atom is -0.381 e. The van der Waals surface area contributed by atoms with Gasteiger partial charge in [-0.15, -0.1) is 0 Å². The topological polar surface area (TPSA) is 21.3 Å². The molecule has 17 heavy (non-hydrogen) atoms. The fourth-order valence-electron chi connectivity index (χ4n) is 2.63. The van der Waals surface area contributed by atoms with Crippen molar-refractivity contribution in [1.82, 2.24) is 5.32 Å². The molecule has 2 rings (SSSR count). The molecule has 0 aliphatic carbocycles. The van der Waals surface area contributed by atoms with Crippen LogP contribution in [0, 0.1) is 13.8 Å². The molecular formula is C15H23NO. The zero-order valence-electron chi connectivity index (χ0n) is 11.2. The second kappa shape index (κ2) is 5.19. The van der Waals surface area contributed by atoms with Gasteiger partial charge in [-0.3, -0.25) is 0 Å². The summed E-state index contributed by atoms with van der Waals surface area (Å²) < 4.78 is 5.48. The highest BCUT2D eigenvalue weighted by Crippen LogP contribution is 2.26. The number of rotatable bonds is 3. The van der Waals surface area contributed by atoms with Gasteiger partial charge in [-0.1, -0.05) is 23.8 Å². The minimum atomic E-state index is 0.233. The van der Waals surface area contributed by atoms with Crippen LogP contribution in [0.5, 0.6) is 0 Å². The van der Waals surface area contributed by atoms with E-state index in [0.717, 1.165) is 32.5 Å². The molecular weight excluding hydrogens is 210 g/mol. The lowest BCUT2D eigenvalue weighted by atomic mass is 9.82. The number of ether oxygens (including phenoxy) is 1. The van der Waals surface area contributed by atoms with Crippen molar-refractivity contribution in [3.05, 3.63) is 34.9 Å². The monoisotopic (exact) mass is 233 g/mol. The fraction of sp³-hybridized carbons (Fsp3) is 0.600. The van der Waals surface area contributed by atoms with Gasteiger partial charge in [0.2, 0.25) is 0 Å². The van der Waals surface area contributed by atoms with Crippen molar-refractivity contribution in [2.45, 2.75) is 38.6 Å². The summed E-state index contributed by atoms with van der Waals surface area (Å²) in [4.78, 5) is 0. The van der Waals surface area contributed by atoms with Crippen molar-refractivity contribution < 1.29 is 4.74 Å². The number of aryl methyl sites for hydroxylation is 2. The van der Waals surface area contributed by atoms with E-state index in [0.29, 0.717) is 0 Å². The molecule has 1 aromatic rings. The van der Waals surface area contributed by atoms with Gasteiger partial charge < -0.3 is 10.1 Å². The lowest BCUT2D eigenvalue weighted by molar-refractivity contribution is 0.0412. The van der Waals surface area contributed by atoms with E-state index in [9.17, 15) is 0 Å². The first kappa shape index (κ1) is 12.6. The summed E-state index contributed by atoms with van der Waals surface area (Å²) in [5.74, 6) is 0. The van der Waals surface area contributed by atoms with Crippen LogP contribution in [0.3, 0.4) is 0 Å². The molecule has 0 radical (unpaired) electrons. The van der Waals surface area contributed by atoms with Crippen molar-refractivity contribution in [2.24, 2.45) is 0 Å². The van der Waals surface area contributed by atoms with Gasteiger partial charge in [0.05, 0.1) is 0 Å². The molecule has 1 aliphatic rings. The maximum Gasteiger partial charge on any atom is 0.0483 e. The molecule has 1 aromatic carbocycles. The Hall–Kier alpha value is -0.860. The summed E-state index contributed by atoms with van der Waals surface area (Å²) in [6.07, 6.45) is 3.33. The van der Waals surface area contributed by atoms with Gasteiger partial charge in [0.25, 0.3) is 0 Å². The summed E-state index contributed by atoms with van der Waals surface area (Å²) in [5, 5.41) is 3.53. The van der Waals surface area contributed by atoms with Gasteiger partial charge >= 0.3 is 0 Å². The Morgan fingerprint density at radius 1 is 1.24 bits per heavy atom. The Balaban J connectivity index is 2.20. The predicted octanol–water partition coefficient (Wildman–Crippen LogP) is 2.61. The molecule has 0 unspecified atom stereocenters. The lowest BCUT2D eigenvalue weighted by Gasteiger charge is -2.37. The van der Waals surface area contributed by atoms with Crippen LogP contribution < -0.4 is 5.32 Å². The number of benzene rings is 1. The maximum atomic E-state index is 5.48. The van der Waals surface area contributed by atoms with Gasteiger partial charge in [0.15, 0.2) is 0 Å². The Kier molecular flexibility index (Phi) is 3.85. The van der Waals surface area contributed by atoms with E-state index >= 15 is 0 Å². The molecule has 1 heterocycles. The second-order valence-electron chi connectivity index (χ2n) is 5.25. The average molecular weight is 233 g/mol. The highest BCUT2D eigenvalue weighted by Gasteiger charge is 2.31. The fourth-order valence-corrected chi connectivity index (χ4v) is 2.63. The van der Waals surface area contributed by atoms with Gasteiger partial charge in [-0.05, 0) is 51.3 Å². The van der Waals surface area contributed by atoms with Crippen molar-refractivity contribution in [3.8, 4) is 0 Å². The minimum absolute atomic E-state index is 0.233. The Morgan fingerprint density at radius 3 is 2.59 bits per heavy atom. The van der Waals surface area contributed by atoms with Crippen LogP contribution in [0.1, 0.15) is 29.5 Å². The third-order valence-corrected chi connectivity index (χ3v) is 4.01. The Labute approximate surface area is 104 Å². The highest BCUT2D eigenvalue weighted by atomic mass is 16.5. The highest BCUT2D eigenvalue weighted by molar-refractivity contribution is 5.32. The molecule has 1 N–H and O–H groups in total. The van der Waals surface area contributed by atoms with E-state index in [2.05, 4.69) is 44.4 Å². The van der Waals surface area contributed by atoms with E-state index in [1.54, 1.807) is 0 Å². The number of hydrogen-bond donors (Lipinski definition) is 1. The quantitative estimate of drug-likeness (QED) is 0.866. The van der Waals surface area contributed by atoms with E-state index in [1.807, 2.05) is 0 Å². The van der Waals surface area contributed by atoms with E-state index in [1.165, 1.54) is 16.7 Å². The van der Waals surface area contributed by atoms with Crippen LogP contribution in [-0.2, 0) is 11.2 Å². The molecule has 0 spiro atoms. The van der Waals surface area contributed by atoms with Gasteiger partial charge in [0.1, 0.15) is 0 Å². The van der Waals surface area contributed by atoms with Crippen molar-refractivity contribution in [1.29, 1.82) is 0 Å². The zero-order valence-corrected chi connectivity index (χ0v) is 11.2. The Bertz CT molecular complexity index is 381. The Morgan fingerprint density at radius 2 is 1.94 bits per heavy atom. The van der Waals surface area contributed by atoms with Gasteiger partial charge in [-0.25, -0.2) is 0 Å². The largest absolute Gasteiger partial charge is 0.381 e. The number of likely N-dealkylation sites (N-methyl/N-ethyl adjacent to an activating group) is 1. The molecule has 2 nitrogen and oxygen atoms in total. The summed E-state index contributed by atoms with van der Waals surface area (Å²) in [6.45, 7) is 6.13. The summed E-state index contributed by atoms with van der Waals surface area (Å²) in [5.41, 5.74) is 4.46. The summed E-state index contributed by atoms with van der Waals surface area (Å²) in [7, 11) is 2.08. The second-order valence-corrected chi connectivity index (χ2v) is 5.25. The molecule has 2 heteroatoms. The molecule has 0 saturated carbocycles. The molecule has 0 bridgehead atoms. The van der Waals surface area contributed by atoms with Crippen LogP contribution in [-0.4, -0.2) is 25.8 Å². The van der Waals surface area contributed by atoms with E-state index in [-0.39, 0.29) is 5.54 Å². The average Bonchev–Trinajstić information content (AvgIpc) is 2.35. The lowest BCUT2D eigenvalue weighted by Crippen LogP contribution is -2.49. The first-order valence-electron chi connectivity index (χ1n) is 6.48.